The van der Waals surface area contributed by atoms with Gasteiger partial charge in [-0.2, -0.15) is 0 Å². The van der Waals surface area contributed by atoms with Crippen molar-refractivity contribution in [3.8, 4) is 12.3 Å². The lowest BCUT2D eigenvalue weighted by molar-refractivity contribution is -0.136. The highest BCUT2D eigenvalue weighted by Crippen LogP contribution is 2.19. The summed E-state index contributed by atoms with van der Waals surface area (Å²) in [6.45, 7) is 2.58. The van der Waals surface area contributed by atoms with E-state index in [0.29, 0.717) is 61.7 Å². The van der Waals surface area contributed by atoms with Crippen molar-refractivity contribution >= 4 is 29.9 Å². The predicted molar refractivity (Wildman–Crippen MR) is 132 cm³/mol. The second-order valence-electron chi connectivity index (χ2n) is 8.34. The van der Waals surface area contributed by atoms with E-state index < -0.39 is 6.03 Å². The normalized spacial score (nSPS) is 13.9. The van der Waals surface area contributed by atoms with Crippen molar-refractivity contribution in [2.24, 2.45) is 0 Å². The molecule has 3 rings (SSSR count). The van der Waals surface area contributed by atoms with Crippen molar-refractivity contribution in [2.75, 3.05) is 57.7 Å². The van der Waals surface area contributed by atoms with E-state index in [4.69, 9.17) is 11.2 Å². The summed E-state index contributed by atoms with van der Waals surface area (Å²) in [6, 6.07) is 4.64. The lowest BCUT2D eigenvalue weighted by atomic mass is 10.1. The molecule has 35 heavy (non-hydrogen) atoms. The molecule has 184 valence electrons. The van der Waals surface area contributed by atoms with Gasteiger partial charge >= 0.3 is 6.03 Å². The number of terminal acetylenes is 1. The summed E-state index contributed by atoms with van der Waals surface area (Å²) in [4.78, 5) is 50.4. The zero-order chi connectivity index (χ0) is 25.4. The number of methoxy groups -OCH3 is 1. The summed E-state index contributed by atoms with van der Waals surface area (Å²) in [5.74, 6) is 3.25. The zero-order valence-corrected chi connectivity index (χ0v) is 20.3. The Labute approximate surface area is 205 Å². The van der Waals surface area contributed by atoms with Gasteiger partial charge in [0.25, 0.3) is 0 Å². The molecular formula is C25H30N6O4. The Kier molecular flexibility index (Phi) is 8.89. The molecule has 0 spiro atoms. The maximum absolute atomic E-state index is 12.8. The van der Waals surface area contributed by atoms with Crippen LogP contribution in [0.2, 0.25) is 0 Å². The van der Waals surface area contributed by atoms with Gasteiger partial charge in [0.15, 0.2) is 6.29 Å². The summed E-state index contributed by atoms with van der Waals surface area (Å²) in [6.07, 6.45) is 9.23. The van der Waals surface area contributed by atoms with Gasteiger partial charge in [0.05, 0.1) is 6.54 Å². The Morgan fingerprint density at radius 1 is 1.34 bits per heavy atom. The van der Waals surface area contributed by atoms with Crippen LogP contribution in [0.4, 0.5) is 16.4 Å². The Bertz CT molecular complexity index is 1130. The molecule has 10 nitrogen and oxygen atoms in total. The summed E-state index contributed by atoms with van der Waals surface area (Å²) in [7, 11) is 5.08. The number of piperazine rings is 1. The Balaban J connectivity index is 1.71. The third-order valence-electron chi connectivity index (χ3n) is 5.80. The van der Waals surface area contributed by atoms with E-state index in [1.807, 2.05) is 11.9 Å². The zero-order valence-electron chi connectivity index (χ0n) is 20.3. The molecule has 1 aliphatic heterocycles. The molecule has 0 saturated carbocycles. The van der Waals surface area contributed by atoms with E-state index in [-0.39, 0.29) is 11.6 Å². The minimum absolute atomic E-state index is 0.00103. The van der Waals surface area contributed by atoms with E-state index in [1.54, 1.807) is 43.5 Å². The van der Waals surface area contributed by atoms with E-state index >= 15 is 0 Å². The molecule has 1 fully saturated rings. The molecule has 10 heteroatoms. The van der Waals surface area contributed by atoms with Crippen molar-refractivity contribution in [2.45, 2.75) is 19.4 Å². The summed E-state index contributed by atoms with van der Waals surface area (Å²) in [5.41, 5.74) is 2.37. The summed E-state index contributed by atoms with van der Waals surface area (Å²) < 4.78 is 5.09. The van der Waals surface area contributed by atoms with Crippen LogP contribution in [-0.4, -0.2) is 85.4 Å². The van der Waals surface area contributed by atoms with Gasteiger partial charge in [-0.05, 0) is 37.6 Å². The van der Waals surface area contributed by atoms with E-state index in [1.165, 1.54) is 4.90 Å². The lowest BCUT2D eigenvalue weighted by Gasteiger charge is -2.32. The number of hydrogen-bond acceptors (Lipinski definition) is 7. The lowest BCUT2D eigenvalue weighted by Crippen LogP contribution is -2.48. The molecule has 0 unspecified atom stereocenters. The second-order valence-corrected chi connectivity index (χ2v) is 8.34. The first-order valence-electron chi connectivity index (χ1n) is 11.3. The van der Waals surface area contributed by atoms with Crippen molar-refractivity contribution in [3.63, 3.8) is 0 Å². The molecule has 1 N–H and O–H groups in total. The van der Waals surface area contributed by atoms with Gasteiger partial charge in [0.2, 0.25) is 5.91 Å². The highest BCUT2D eigenvalue weighted by molar-refractivity contribution is 6.00. The van der Waals surface area contributed by atoms with Crippen LogP contribution in [0.15, 0.2) is 24.4 Å². The van der Waals surface area contributed by atoms with Gasteiger partial charge in [-0.25, -0.2) is 14.8 Å². The molecule has 0 radical (unpaired) electrons. The molecule has 2 aromatic rings. The molecule has 0 atom stereocenters. The quantitative estimate of drug-likeness (QED) is 0.333. The Morgan fingerprint density at radius 2 is 2.14 bits per heavy atom. The van der Waals surface area contributed by atoms with Crippen molar-refractivity contribution in [3.05, 3.63) is 46.8 Å². The number of likely N-dealkylation sites (N-methyl/N-ethyl adjacent to an activating group) is 1. The number of anilines is 2. The first kappa shape index (κ1) is 25.8. The van der Waals surface area contributed by atoms with Crippen LogP contribution < -0.4 is 10.2 Å². The van der Waals surface area contributed by atoms with Gasteiger partial charge in [0.1, 0.15) is 17.3 Å². The smallest absolute Gasteiger partial charge is 0.328 e. The topological polar surface area (TPSA) is 108 Å². The molecular weight excluding hydrogens is 448 g/mol. The van der Waals surface area contributed by atoms with Crippen LogP contribution in [0, 0.1) is 12.3 Å². The molecule has 0 bridgehead atoms. The Hall–Kier alpha value is -3.81. The van der Waals surface area contributed by atoms with Gasteiger partial charge < -0.3 is 9.64 Å². The number of aromatic nitrogens is 2. The van der Waals surface area contributed by atoms with Gasteiger partial charge in [-0.1, -0.05) is 12.0 Å². The molecule has 2 aromatic heterocycles. The number of amides is 3. The highest BCUT2D eigenvalue weighted by Gasteiger charge is 2.23. The summed E-state index contributed by atoms with van der Waals surface area (Å²) in [5, 5.41) is 2.74. The van der Waals surface area contributed by atoms with E-state index in [9.17, 15) is 14.4 Å². The standard InChI is InChI=1S/C25H30N6O4/c1-5-18-14-26-22(13-19(18)7-6-12-35-4)28-25(34)30(3)23-9-8-20(21(17-32)27-23)15-31-11-10-29(2)16-24(31)33/h1,8-9,13-14,17H,6-7,10-12,15-16H2,2-4H3,(H,26,28,34). The maximum atomic E-state index is 12.8. The number of pyridine rings is 2. The van der Waals surface area contributed by atoms with Crippen LogP contribution in [0.1, 0.15) is 33.6 Å². The number of ether oxygens (including phenoxy) is 1. The largest absolute Gasteiger partial charge is 0.385 e. The minimum Gasteiger partial charge on any atom is -0.385 e. The monoisotopic (exact) mass is 478 g/mol. The fraction of sp³-hybridized carbons (Fsp3) is 0.400. The molecule has 3 heterocycles. The number of carbonyl (C=O) groups excluding carboxylic acids is 3. The van der Waals surface area contributed by atoms with Crippen molar-refractivity contribution in [1.29, 1.82) is 0 Å². The maximum Gasteiger partial charge on any atom is 0.328 e. The average Bonchev–Trinajstić information content (AvgIpc) is 2.85. The van der Waals surface area contributed by atoms with Crippen LogP contribution in [0.25, 0.3) is 0 Å². The number of hydrogen-bond donors (Lipinski definition) is 1. The fourth-order valence-electron chi connectivity index (χ4n) is 3.72. The number of nitrogens with zero attached hydrogens (tertiary/aromatic N) is 5. The first-order valence-corrected chi connectivity index (χ1v) is 11.3. The second kappa shape index (κ2) is 12.1. The predicted octanol–water partition coefficient (Wildman–Crippen LogP) is 1.79. The van der Waals surface area contributed by atoms with Crippen LogP contribution in [0.5, 0.6) is 0 Å². The molecule has 0 aliphatic carbocycles. The SMILES string of the molecule is C#Cc1cnc(NC(=O)N(C)c2ccc(CN3CCN(C)CC3=O)c(C=O)n2)cc1CCCOC. The molecule has 1 saturated heterocycles. The molecule has 3 amide bonds. The van der Waals surface area contributed by atoms with Crippen LogP contribution in [-0.2, 0) is 22.5 Å². The van der Waals surface area contributed by atoms with Gasteiger partial charge in [0, 0.05) is 57.7 Å². The average molecular weight is 479 g/mol. The van der Waals surface area contributed by atoms with E-state index in [0.717, 1.165) is 18.5 Å². The fourth-order valence-corrected chi connectivity index (χ4v) is 3.72. The Morgan fingerprint density at radius 3 is 2.83 bits per heavy atom. The number of aryl methyl sites for hydroxylation is 1. The minimum atomic E-state index is -0.472. The molecule has 1 aliphatic rings. The van der Waals surface area contributed by atoms with E-state index in [2.05, 4.69) is 21.2 Å². The number of urea groups is 1. The number of rotatable bonds is 9. The van der Waals surface area contributed by atoms with Crippen LogP contribution >= 0.6 is 0 Å². The molecule has 0 aromatic carbocycles. The number of carbonyl (C=O) groups is 3. The van der Waals surface area contributed by atoms with Crippen molar-refractivity contribution < 1.29 is 19.1 Å². The number of nitrogens with one attached hydrogen (secondary N) is 1. The third-order valence-corrected chi connectivity index (χ3v) is 5.80. The van der Waals surface area contributed by atoms with Crippen molar-refractivity contribution in [1.82, 2.24) is 19.8 Å². The number of aldehydes is 1. The third kappa shape index (κ3) is 6.62. The van der Waals surface area contributed by atoms with Gasteiger partial charge in [-0.3, -0.25) is 24.7 Å². The highest BCUT2D eigenvalue weighted by atomic mass is 16.5. The summed E-state index contributed by atoms with van der Waals surface area (Å²) >= 11 is 0. The van der Waals surface area contributed by atoms with Gasteiger partial charge in [-0.15, -0.1) is 6.42 Å². The first-order chi connectivity index (χ1) is 16.9. The van der Waals surface area contributed by atoms with Crippen LogP contribution in [0.3, 0.4) is 0 Å².